The fourth-order valence-electron chi connectivity index (χ4n) is 3.18. The quantitative estimate of drug-likeness (QED) is 0.883. The predicted octanol–water partition coefficient (Wildman–Crippen LogP) is 3.00. The fourth-order valence-corrected chi connectivity index (χ4v) is 3.18. The molecule has 1 saturated heterocycles. The van der Waals surface area contributed by atoms with Crippen LogP contribution in [0.5, 0.6) is 0 Å². The summed E-state index contributed by atoms with van der Waals surface area (Å²) in [6.45, 7) is 10.3. The van der Waals surface area contributed by atoms with Crippen LogP contribution in [0, 0.1) is 0 Å². The fraction of sp³-hybridized carbons (Fsp3) is 0.688. The average molecular weight is 261 g/mol. The zero-order valence-electron chi connectivity index (χ0n) is 12.5. The molecule has 0 bridgehead atoms. The van der Waals surface area contributed by atoms with Crippen molar-refractivity contribution in [1.82, 2.24) is 15.2 Å². The normalized spacial score (nSPS) is 19.3. The first kappa shape index (κ1) is 14.5. The Morgan fingerprint density at radius 1 is 1.32 bits per heavy atom. The highest BCUT2D eigenvalue weighted by molar-refractivity contribution is 5.19. The highest BCUT2D eigenvalue weighted by Gasteiger charge is 2.36. The monoisotopic (exact) mass is 261 g/mol. The number of likely N-dealkylation sites (N-methyl/N-ethyl adjacent to an activating group) is 1. The molecule has 1 unspecified atom stereocenters. The van der Waals surface area contributed by atoms with E-state index in [0.717, 1.165) is 6.54 Å². The van der Waals surface area contributed by atoms with Crippen LogP contribution in [0.4, 0.5) is 0 Å². The van der Waals surface area contributed by atoms with E-state index >= 15 is 0 Å². The van der Waals surface area contributed by atoms with Crippen molar-refractivity contribution < 1.29 is 0 Å². The van der Waals surface area contributed by atoms with E-state index in [1.54, 1.807) is 0 Å². The summed E-state index contributed by atoms with van der Waals surface area (Å²) in [7, 11) is 0. The molecule has 1 fully saturated rings. The first-order chi connectivity index (χ1) is 9.16. The molecular formula is C16H27N3. The molecule has 1 atom stereocenters. The second-order valence-electron chi connectivity index (χ2n) is 5.98. The van der Waals surface area contributed by atoms with Gasteiger partial charge in [-0.25, -0.2) is 0 Å². The lowest BCUT2D eigenvalue weighted by Crippen LogP contribution is -2.54. The lowest BCUT2D eigenvalue weighted by Gasteiger charge is -2.46. The molecule has 1 aliphatic heterocycles. The maximum Gasteiger partial charge on any atom is 0.0517 e. The van der Waals surface area contributed by atoms with E-state index in [2.05, 4.69) is 42.0 Å². The third-order valence-electron chi connectivity index (χ3n) is 4.30. The SMILES string of the molecule is CCNC(c1cccnc1)C(C)(C)N1CCCCC1. The second kappa shape index (κ2) is 6.49. The molecule has 2 rings (SSSR count). The van der Waals surface area contributed by atoms with Crippen molar-refractivity contribution in [2.45, 2.75) is 51.6 Å². The molecule has 106 valence electrons. The van der Waals surface area contributed by atoms with Crippen molar-refractivity contribution in [3.8, 4) is 0 Å². The van der Waals surface area contributed by atoms with Gasteiger partial charge in [0.15, 0.2) is 0 Å². The Morgan fingerprint density at radius 2 is 2.05 bits per heavy atom. The summed E-state index contributed by atoms with van der Waals surface area (Å²) >= 11 is 0. The molecule has 0 radical (unpaired) electrons. The molecule has 1 aromatic heterocycles. The Hall–Kier alpha value is -0.930. The van der Waals surface area contributed by atoms with Gasteiger partial charge in [-0.2, -0.15) is 0 Å². The number of pyridine rings is 1. The third kappa shape index (κ3) is 3.34. The van der Waals surface area contributed by atoms with Crippen LogP contribution in [-0.4, -0.2) is 35.1 Å². The Balaban J connectivity index is 2.21. The summed E-state index contributed by atoms with van der Waals surface area (Å²) in [4.78, 5) is 6.92. The number of nitrogens with zero attached hydrogens (tertiary/aromatic N) is 2. The van der Waals surface area contributed by atoms with Crippen molar-refractivity contribution in [2.75, 3.05) is 19.6 Å². The molecule has 0 amide bonds. The van der Waals surface area contributed by atoms with Gasteiger partial charge in [-0.15, -0.1) is 0 Å². The molecule has 0 aromatic carbocycles. The van der Waals surface area contributed by atoms with E-state index in [1.165, 1.54) is 37.9 Å². The van der Waals surface area contributed by atoms with Crippen LogP contribution in [0.15, 0.2) is 24.5 Å². The molecule has 0 aliphatic carbocycles. The molecule has 1 aromatic rings. The summed E-state index contributed by atoms with van der Waals surface area (Å²) in [5.41, 5.74) is 1.42. The van der Waals surface area contributed by atoms with E-state index in [1.807, 2.05) is 18.5 Å². The van der Waals surface area contributed by atoms with Crippen molar-refractivity contribution in [1.29, 1.82) is 0 Å². The van der Waals surface area contributed by atoms with Crippen LogP contribution in [0.1, 0.15) is 51.6 Å². The maximum atomic E-state index is 4.29. The molecule has 2 heterocycles. The van der Waals surface area contributed by atoms with Crippen molar-refractivity contribution >= 4 is 0 Å². The predicted molar refractivity (Wildman–Crippen MR) is 80.2 cm³/mol. The van der Waals surface area contributed by atoms with E-state index in [0.29, 0.717) is 6.04 Å². The van der Waals surface area contributed by atoms with E-state index < -0.39 is 0 Å². The molecule has 0 saturated carbocycles. The van der Waals surface area contributed by atoms with Crippen LogP contribution in [0.3, 0.4) is 0 Å². The average Bonchev–Trinajstić information content (AvgIpc) is 2.46. The second-order valence-corrected chi connectivity index (χ2v) is 5.98. The van der Waals surface area contributed by atoms with Gasteiger partial charge in [-0.3, -0.25) is 9.88 Å². The minimum absolute atomic E-state index is 0.124. The highest BCUT2D eigenvalue weighted by atomic mass is 15.2. The van der Waals surface area contributed by atoms with Crippen molar-refractivity contribution in [3.63, 3.8) is 0 Å². The first-order valence-electron chi connectivity index (χ1n) is 7.54. The number of hydrogen-bond acceptors (Lipinski definition) is 3. The molecule has 0 spiro atoms. The van der Waals surface area contributed by atoms with Gasteiger partial charge in [0, 0.05) is 17.9 Å². The van der Waals surface area contributed by atoms with Gasteiger partial charge in [-0.1, -0.05) is 19.4 Å². The minimum Gasteiger partial charge on any atom is -0.309 e. The Morgan fingerprint density at radius 3 is 2.63 bits per heavy atom. The topological polar surface area (TPSA) is 28.2 Å². The summed E-state index contributed by atoms with van der Waals surface area (Å²) in [5, 5.41) is 3.65. The van der Waals surface area contributed by atoms with Crippen molar-refractivity contribution in [3.05, 3.63) is 30.1 Å². The van der Waals surface area contributed by atoms with Crippen LogP contribution in [-0.2, 0) is 0 Å². The number of likely N-dealkylation sites (tertiary alicyclic amines) is 1. The third-order valence-corrected chi connectivity index (χ3v) is 4.30. The van der Waals surface area contributed by atoms with Crippen LogP contribution >= 0.6 is 0 Å². The lowest BCUT2D eigenvalue weighted by molar-refractivity contribution is 0.0612. The minimum atomic E-state index is 0.124. The highest BCUT2D eigenvalue weighted by Crippen LogP contribution is 2.32. The van der Waals surface area contributed by atoms with Gasteiger partial charge in [0.05, 0.1) is 6.04 Å². The number of piperidine rings is 1. The van der Waals surface area contributed by atoms with E-state index in [4.69, 9.17) is 0 Å². The summed E-state index contributed by atoms with van der Waals surface area (Å²) < 4.78 is 0. The molecule has 19 heavy (non-hydrogen) atoms. The standard InChI is InChI=1S/C16H27N3/c1-4-18-15(14-9-8-10-17-13-14)16(2,3)19-11-6-5-7-12-19/h8-10,13,15,18H,4-7,11-12H2,1-3H3. The first-order valence-corrected chi connectivity index (χ1v) is 7.54. The number of nitrogens with one attached hydrogen (secondary N) is 1. The largest absolute Gasteiger partial charge is 0.309 e. The van der Waals surface area contributed by atoms with Crippen LogP contribution in [0.2, 0.25) is 0 Å². The molecule has 3 heteroatoms. The lowest BCUT2D eigenvalue weighted by atomic mass is 9.86. The molecule has 1 aliphatic rings. The summed E-state index contributed by atoms with van der Waals surface area (Å²) in [5.74, 6) is 0. The van der Waals surface area contributed by atoms with Crippen molar-refractivity contribution in [2.24, 2.45) is 0 Å². The number of rotatable bonds is 5. The Labute approximate surface area is 117 Å². The van der Waals surface area contributed by atoms with Crippen LogP contribution < -0.4 is 5.32 Å². The maximum absolute atomic E-state index is 4.29. The number of aromatic nitrogens is 1. The molecule has 1 N–H and O–H groups in total. The van der Waals surface area contributed by atoms with Gasteiger partial charge in [0.25, 0.3) is 0 Å². The van der Waals surface area contributed by atoms with Gasteiger partial charge >= 0.3 is 0 Å². The van der Waals surface area contributed by atoms with Gasteiger partial charge in [0.1, 0.15) is 0 Å². The van der Waals surface area contributed by atoms with Gasteiger partial charge in [0.2, 0.25) is 0 Å². The molecular weight excluding hydrogens is 234 g/mol. The van der Waals surface area contributed by atoms with Gasteiger partial charge in [-0.05, 0) is 58.0 Å². The Bertz CT molecular complexity index is 369. The Kier molecular flexibility index (Phi) is 4.94. The smallest absolute Gasteiger partial charge is 0.0517 e. The zero-order valence-corrected chi connectivity index (χ0v) is 12.5. The van der Waals surface area contributed by atoms with E-state index in [-0.39, 0.29) is 5.54 Å². The zero-order chi connectivity index (χ0) is 13.7. The summed E-state index contributed by atoms with van der Waals surface area (Å²) in [6.07, 6.45) is 7.88. The summed E-state index contributed by atoms with van der Waals surface area (Å²) in [6, 6.07) is 4.56. The van der Waals surface area contributed by atoms with E-state index in [9.17, 15) is 0 Å². The number of hydrogen-bond donors (Lipinski definition) is 1. The van der Waals surface area contributed by atoms with Crippen LogP contribution in [0.25, 0.3) is 0 Å². The van der Waals surface area contributed by atoms with Gasteiger partial charge < -0.3 is 5.32 Å². The molecule has 3 nitrogen and oxygen atoms in total.